The Labute approximate surface area is 189 Å². The fourth-order valence-corrected chi connectivity index (χ4v) is 3.99. The fraction of sp³-hybridized carbons (Fsp3) is 0.423. The van der Waals surface area contributed by atoms with Gasteiger partial charge in [0.25, 0.3) is 0 Å². The molecule has 0 spiro atoms. The predicted molar refractivity (Wildman–Crippen MR) is 130 cm³/mol. The van der Waals surface area contributed by atoms with Crippen molar-refractivity contribution >= 4 is 32.8 Å². The van der Waals surface area contributed by atoms with E-state index in [4.69, 9.17) is 4.74 Å². The lowest BCUT2D eigenvalue weighted by Gasteiger charge is -2.08. The Morgan fingerprint density at radius 3 is 2.47 bits per heavy atom. The largest absolute Gasteiger partial charge is 0.465 e. The van der Waals surface area contributed by atoms with Gasteiger partial charge in [-0.2, -0.15) is 0 Å². The average molecular weight is 472 g/mol. The van der Waals surface area contributed by atoms with Gasteiger partial charge in [0.2, 0.25) is 0 Å². The lowest BCUT2D eigenvalue weighted by molar-refractivity contribution is 0.0601. The summed E-state index contributed by atoms with van der Waals surface area (Å²) in [6.07, 6.45) is 6.65. The van der Waals surface area contributed by atoms with E-state index in [0.29, 0.717) is 11.5 Å². The van der Waals surface area contributed by atoms with E-state index in [-0.39, 0.29) is 5.97 Å². The van der Waals surface area contributed by atoms with Crippen molar-refractivity contribution in [3.63, 3.8) is 0 Å². The smallest absolute Gasteiger partial charge is 0.337 e. The van der Waals surface area contributed by atoms with Crippen LogP contribution in [0.2, 0.25) is 0 Å². The molecule has 0 saturated heterocycles. The number of halogens is 1. The molecule has 4 heteroatoms. The summed E-state index contributed by atoms with van der Waals surface area (Å²) in [4.78, 5) is 12.0. The third-order valence-corrected chi connectivity index (χ3v) is 6.05. The average Bonchev–Trinajstić information content (AvgIpc) is 3.12. The summed E-state index contributed by atoms with van der Waals surface area (Å²) in [5.74, 6) is 0.198. The molecule has 0 radical (unpaired) electrons. The minimum Gasteiger partial charge on any atom is -0.465 e. The van der Waals surface area contributed by atoms with Crippen LogP contribution in [-0.4, -0.2) is 17.6 Å². The Bertz CT molecular complexity index is 961. The van der Waals surface area contributed by atoms with E-state index in [9.17, 15) is 4.79 Å². The Morgan fingerprint density at radius 2 is 1.83 bits per heavy atom. The number of carbonyl (C=O) groups excluding carboxylic acids is 1. The minimum atomic E-state index is -0.289. The van der Waals surface area contributed by atoms with Gasteiger partial charge >= 0.3 is 5.97 Å². The molecular formula is C26H34BrNO2. The van der Waals surface area contributed by atoms with Gasteiger partial charge in [-0.25, -0.2) is 4.79 Å². The number of carbonyl (C=O) groups is 1. The molecule has 3 nitrogen and oxygen atoms in total. The van der Waals surface area contributed by atoms with Crippen molar-refractivity contribution in [2.24, 2.45) is 0 Å². The van der Waals surface area contributed by atoms with Crippen molar-refractivity contribution in [3.8, 4) is 0 Å². The molecule has 0 N–H and O–H groups in total. The number of methoxy groups -OCH3 is 1. The third-order valence-electron chi connectivity index (χ3n) is 5.28. The molecule has 0 bridgehead atoms. The van der Waals surface area contributed by atoms with E-state index in [1.165, 1.54) is 30.0 Å². The number of hydrogen-bond donors (Lipinski definition) is 0. The number of benzene rings is 2. The van der Waals surface area contributed by atoms with Gasteiger partial charge in [0.15, 0.2) is 0 Å². The van der Waals surface area contributed by atoms with Crippen LogP contribution < -0.4 is 0 Å². The van der Waals surface area contributed by atoms with Crippen molar-refractivity contribution in [1.82, 2.24) is 4.57 Å². The minimum absolute atomic E-state index is 0.289. The maximum atomic E-state index is 12.0. The number of esters is 1. The van der Waals surface area contributed by atoms with Gasteiger partial charge in [0, 0.05) is 28.1 Å². The van der Waals surface area contributed by atoms with E-state index in [2.05, 4.69) is 78.7 Å². The normalized spacial score (nSPS) is 11.7. The Hall–Kier alpha value is -2.07. The molecule has 162 valence electrons. The second-order valence-corrected chi connectivity index (χ2v) is 8.57. The van der Waals surface area contributed by atoms with Gasteiger partial charge in [-0.05, 0) is 54.5 Å². The first kappa shape index (κ1) is 24.2. The summed E-state index contributed by atoms with van der Waals surface area (Å²) >= 11 is 3.63. The number of nitrogens with zero attached hydrogens (tertiary/aromatic N) is 1. The molecule has 0 amide bonds. The molecule has 0 aliphatic carbocycles. The summed E-state index contributed by atoms with van der Waals surface area (Å²) in [6, 6.07) is 14.3. The number of hydrogen-bond acceptors (Lipinski definition) is 2. The summed E-state index contributed by atoms with van der Waals surface area (Å²) in [6.45, 7) is 9.64. The van der Waals surface area contributed by atoms with Gasteiger partial charge in [-0.15, -0.1) is 0 Å². The van der Waals surface area contributed by atoms with Crippen LogP contribution >= 0.6 is 15.9 Å². The molecule has 1 heterocycles. The lowest BCUT2D eigenvalue weighted by Crippen LogP contribution is -2.02. The maximum absolute atomic E-state index is 12.0. The fourth-order valence-electron chi connectivity index (χ4n) is 3.50. The van der Waals surface area contributed by atoms with E-state index in [1.54, 1.807) is 0 Å². The van der Waals surface area contributed by atoms with Crippen molar-refractivity contribution in [1.29, 1.82) is 0 Å². The first-order valence-corrected chi connectivity index (χ1v) is 11.7. The summed E-state index contributed by atoms with van der Waals surface area (Å²) < 4.78 is 8.35. The number of fused-ring (bicyclic) bond motifs is 1. The first-order valence-electron chi connectivity index (χ1n) is 10.9. The quantitative estimate of drug-likeness (QED) is 0.329. The number of aryl methyl sites for hydroxylation is 2. The molecule has 0 saturated carbocycles. The van der Waals surface area contributed by atoms with Crippen molar-refractivity contribution in [2.75, 3.05) is 7.11 Å². The van der Waals surface area contributed by atoms with Gasteiger partial charge < -0.3 is 9.30 Å². The SMILES string of the molecule is CCC.CCC(C)c1cn(CCCc2ccccc2Br)c2cc(C(=O)OC)ccc12. The van der Waals surface area contributed by atoms with Crippen LogP contribution in [-0.2, 0) is 17.7 Å². The van der Waals surface area contributed by atoms with Crippen molar-refractivity contribution in [2.45, 2.75) is 65.8 Å². The van der Waals surface area contributed by atoms with Crippen molar-refractivity contribution < 1.29 is 9.53 Å². The van der Waals surface area contributed by atoms with Crippen LogP contribution in [0.25, 0.3) is 10.9 Å². The Balaban J connectivity index is 0.00000101. The highest BCUT2D eigenvalue weighted by Crippen LogP contribution is 2.31. The molecular weight excluding hydrogens is 438 g/mol. The van der Waals surface area contributed by atoms with Crippen LogP contribution in [0.5, 0.6) is 0 Å². The van der Waals surface area contributed by atoms with Crippen LogP contribution in [0.3, 0.4) is 0 Å². The van der Waals surface area contributed by atoms with E-state index >= 15 is 0 Å². The first-order chi connectivity index (χ1) is 14.5. The standard InChI is InChI=1S/C23H26BrNO2.C3H8/c1-4-16(2)20-15-25(13-7-9-17-8-5-6-10-21(17)24)22-14-18(23(26)27-3)11-12-19(20)22;1-3-2/h5-6,8,10-12,14-16H,4,7,9,13H2,1-3H3;3H2,1-2H3. The van der Waals surface area contributed by atoms with Crippen LogP contribution in [0, 0.1) is 0 Å². The predicted octanol–water partition coefficient (Wildman–Crippen LogP) is 7.75. The van der Waals surface area contributed by atoms with E-state index in [0.717, 1.165) is 35.8 Å². The number of aromatic nitrogens is 1. The van der Waals surface area contributed by atoms with Crippen LogP contribution in [0.4, 0.5) is 0 Å². The highest BCUT2D eigenvalue weighted by molar-refractivity contribution is 9.10. The second kappa shape index (κ2) is 11.9. The highest BCUT2D eigenvalue weighted by atomic mass is 79.9. The van der Waals surface area contributed by atoms with E-state index < -0.39 is 0 Å². The summed E-state index contributed by atoms with van der Waals surface area (Å²) in [5.41, 5.74) is 4.39. The zero-order valence-electron chi connectivity index (χ0n) is 18.9. The molecule has 30 heavy (non-hydrogen) atoms. The van der Waals surface area contributed by atoms with Gasteiger partial charge in [-0.1, -0.05) is 74.3 Å². The molecule has 1 aromatic heterocycles. The molecule has 3 rings (SSSR count). The number of ether oxygens (including phenoxy) is 1. The van der Waals surface area contributed by atoms with Crippen LogP contribution in [0.1, 0.15) is 74.4 Å². The van der Waals surface area contributed by atoms with E-state index in [1.807, 2.05) is 18.2 Å². The zero-order chi connectivity index (χ0) is 22.1. The molecule has 0 aliphatic rings. The monoisotopic (exact) mass is 471 g/mol. The zero-order valence-corrected chi connectivity index (χ0v) is 20.5. The second-order valence-electron chi connectivity index (χ2n) is 7.71. The van der Waals surface area contributed by atoms with Gasteiger partial charge in [0.05, 0.1) is 12.7 Å². The molecule has 1 unspecified atom stereocenters. The molecule has 3 aromatic rings. The van der Waals surface area contributed by atoms with Gasteiger partial charge in [0.1, 0.15) is 0 Å². The summed E-state index contributed by atoms with van der Waals surface area (Å²) in [7, 11) is 1.42. The Morgan fingerprint density at radius 1 is 1.13 bits per heavy atom. The highest BCUT2D eigenvalue weighted by Gasteiger charge is 2.15. The van der Waals surface area contributed by atoms with Crippen molar-refractivity contribution in [3.05, 3.63) is 69.8 Å². The third kappa shape index (κ3) is 5.98. The molecule has 0 aliphatic heterocycles. The van der Waals surface area contributed by atoms with Crippen LogP contribution in [0.15, 0.2) is 53.1 Å². The topological polar surface area (TPSA) is 31.2 Å². The molecule has 2 aromatic carbocycles. The lowest BCUT2D eigenvalue weighted by atomic mass is 9.98. The molecule has 1 atom stereocenters. The summed E-state index contributed by atoms with van der Waals surface area (Å²) in [5, 5.41) is 1.23. The molecule has 0 fully saturated rings. The number of rotatable bonds is 7. The van der Waals surface area contributed by atoms with Gasteiger partial charge in [-0.3, -0.25) is 0 Å². The maximum Gasteiger partial charge on any atom is 0.337 e. The Kier molecular flexibility index (Phi) is 9.64.